The smallest absolute Gasteiger partial charge is 0.411 e. The predicted octanol–water partition coefficient (Wildman–Crippen LogP) is 3.23. The van der Waals surface area contributed by atoms with Crippen LogP contribution in [0.5, 0.6) is 0 Å². The van der Waals surface area contributed by atoms with Crippen molar-refractivity contribution in [2.45, 2.75) is 50.3 Å². The third-order valence-corrected chi connectivity index (χ3v) is 4.16. The van der Waals surface area contributed by atoms with Crippen LogP contribution in [0.25, 0.3) is 0 Å². The van der Waals surface area contributed by atoms with Gasteiger partial charge in [0.15, 0.2) is 0 Å². The second kappa shape index (κ2) is 5.16. The molecule has 0 N–H and O–H groups in total. The monoisotopic (exact) mass is 270 g/mol. The van der Waals surface area contributed by atoms with E-state index in [1.165, 1.54) is 0 Å². The van der Waals surface area contributed by atoms with Crippen molar-refractivity contribution in [1.82, 2.24) is 4.90 Å². The summed E-state index contributed by atoms with van der Waals surface area (Å²) in [5.74, 6) is 0. The Morgan fingerprint density at radius 1 is 1.35 bits per heavy atom. The van der Waals surface area contributed by atoms with Crippen LogP contribution in [0.15, 0.2) is 30.3 Å². The van der Waals surface area contributed by atoms with Crippen LogP contribution in [0.1, 0.15) is 37.7 Å². The van der Waals surface area contributed by atoms with Gasteiger partial charge in [0, 0.05) is 6.04 Å². The molecule has 2 saturated carbocycles. The molecule has 0 bridgehead atoms. The molecule has 4 nitrogen and oxygen atoms in total. The Bertz CT molecular complexity index is 527. The fourth-order valence-electron chi connectivity index (χ4n) is 2.71. The van der Waals surface area contributed by atoms with Gasteiger partial charge in [0.1, 0.15) is 12.1 Å². The molecule has 0 aliphatic heterocycles. The first-order chi connectivity index (χ1) is 9.75. The number of nitriles is 1. The molecule has 4 heteroatoms. The molecular formula is C16H18N2O2. The van der Waals surface area contributed by atoms with Gasteiger partial charge in [-0.3, -0.25) is 4.90 Å². The van der Waals surface area contributed by atoms with Gasteiger partial charge in [0.25, 0.3) is 0 Å². The van der Waals surface area contributed by atoms with E-state index in [0.717, 1.165) is 37.7 Å². The molecule has 0 saturated heterocycles. The molecule has 3 rings (SSSR count). The van der Waals surface area contributed by atoms with Crippen LogP contribution in [0.3, 0.4) is 0 Å². The SMILES string of the molecule is N#CC1(N(C(=O)OCc2ccccc2)C2CC2)CCC1. The maximum Gasteiger partial charge on any atom is 0.411 e. The van der Waals surface area contributed by atoms with Crippen LogP contribution in [-0.4, -0.2) is 22.6 Å². The second-order valence-corrected chi connectivity index (χ2v) is 5.64. The number of hydrogen-bond donors (Lipinski definition) is 0. The highest BCUT2D eigenvalue weighted by Gasteiger charge is 2.51. The summed E-state index contributed by atoms with van der Waals surface area (Å²) in [7, 11) is 0. The van der Waals surface area contributed by atoms with E-state index >= 15 is 0 Å². The van der Waals surface area contributed by atoms with Gasteiger partial charge in [-0.2, -0.15) is 5.26 Å². The average molecular weight is 270 g/mol. The number of carbonyl (C=O) groups is 1. The van der Waals surface area contributed by atoms with E-state index in [4.69, 9.17) is 4.74 Å². The van der Waals surface area contributed by atoms with E-state index in [0.29, 0.717) is 0 Å². The van der Waals surface area contributed by atoms with Crippen LogP contribution in [0.4, 0.5) is 4.79 Å². The maximum absolute atomic E-state index is 12.3. The van der Waals surface area contributed by atoms with Gasteiger partial charge < -0.3 is 4.74 Å². The number of amides is 1. The fourth-order valence-corrected chi connectivity index (χ4v) is 2.71. The largest absolute Gasteiger partial charge is 0.445 e. The van der Waals surface area contributed by atoms with Gasteiger partial charge >= 0.3 is 6.09 Å². The minimum Gasteiger partial charge on any atom is -0.445 e. The van der Waals surface area contributed by atoms with E-state index < -0.39 is 5.54 Å². The molecule has 2 aliphatic carbocycles. The Labute approximate surface area is 118 Å². The van der Waals surface area contributed by atoms with Crippen molar-refractivity contribution in [3.8, 4) is 6.07 Å². The molecule has 20 heavy (non-hydrogen) atoms. The molecule has 0 atom stereocenters. The predicted molar refractivity (Wildman–Crippen MR) is 73.7 cm³/mol. The van der Waals surface area contributed by atoms with Gasteiger partial charge in [-0.15, -0.1) is 0 Å². The number of benzene rings is 1. The molecular weight excluding hydrogens is 252 g/mol. The highest BCUT2D eigenvalue weighted by Crippen LogP contribution is 2.43. The molecule has 1 aromatic carbocycles. The van der Waals surface area contributed by atoms with Gasteiger partial charge in [0.2, 0.25) is 0 Å². The van der Waals surface area contributed by atoms with Crippen LogP contribution < -0.4 is 0 Å². The van der Waals surface area contributed by atoms with Crippen molar-refractivity contribution in [3.05, 3.63) is 35.9 Å². The summed E-state index contributed by atoms with van der Waals surface area (Å²) < 4.78 is 5.41. The Balaban J connectivity index is 1.66. The van der Waals surface area contributed by atoms with Crippen molar-refractivity contribution < 1.29 is 9.53 Å². The lowest BCUT2D eigenvalue weighted by Gasteiger charge is -2.44. The van der Waals surface area contributed by atoms with Gasteiger partial charge in [-0.25, -0.2) is 4.79 Å². The normalized spacial score (nSPS) is 19.6. The lowest BCUT2D eigenvalue weighted by molar-refractivity contribution is 0.0295. The molecule has 0 aromatic heterocycles. The van der Waals surface area contributed by atoms with Crippen LogP contribution in [0, 0.1) is 11.3 Å². The summed E-state index contributed by atoms with van der Waals surface area (Å²) in [5.41, 5.74) is 0.366. The zero-order valence-corrected chi connectivity index (χ0v) is 11.4. The molecule has 1 aromatic rings. The topological polar surface area (TPSA) is 53.3 Å². The lowest BCUT2D eigenvalue weighted by Crippen LogP contribution is -2.56. The van der Waals surface area contributed by atoms with Crippen molar-refractivity contribution in [2.24, 2.45) is 0 Å². The van der Waals surface area contributed by atoms with E-state index in [1.807, 2.05) is 30.3 Å². The van der Waals surface area contributed by atoms with Gasteiger partial charge in [-0.05, 0) is 37.7 Å². The molecule has 1 amide bonds. The van der Waals surface area contributed by atoms with Crippen LogP contribution >= 0.6 is 0 Å². The highest BCUT2D eigenvalue weighted by molar-refractivity contribution is 5.70. The fraction of sp³-hybridized carbons (Fsp3) is 0.500. The zero-order chi connectivity index (χ0) is 14.0. The number of ether oxygens (including phenoxy) is 1. The Morgan fingerprint density at radius 2 is 2.05 bits per heavy atom. The van der Waals surface area contributed by atoms with E-state index in [2.05, 4.69) is 6.07 Å². The molecule has 0 spiro atoms. The standard InChI is InChI=1S/C16H18N2O2/c17-12-16(9-4-10-16)18(14-7-8-14)15(19)20-11-13-5-2-1-3-6-13/h1-3,5-6,14H,4,7-11H2. The highest BCUT2D eigenvalue weighted by atomic mass is 16.6. The molecule has 104 valence electrons. The summed E-state index contributed by atoms with van der Waals surface area (Å²) in [6.07, 6.45) is 4.22. The van der Waals surface area contributed by atoms with Crippen LogP contribution in [-0.2, 0) is 11.3 Å². The number of rotatable bonds is 4. The number of carbonyl (C=O) groups excluding carboxylic acids is 1. The quantitative estimate of drug-likeness (QED) is 0.844. The van der Waals surface area contributed by atoms with Crippen molar-refractivity contribution in [3.63, 3.8) is 0 Å². The molecule has 0 heterocycles. The summed E-state index contributed by atoms with van der Waals surface area (Å²) in [6, 6.07) is 12.2. The first-order valence-electron chi connectivity index (χ1n) is 7.16. The van der Waals surface area contributed by atoms with Crippen molar-refractivity contribution in [2.75, 3.05) is 0 Å². The van der Waals surface area contributed by atoms with E-state index in [1.54, 1.807) is 4.90 Å². The molecule has 0 unspecified atom stereocenters. The van der Waals surface area contributed by atoms with Crippen molar-refractivity contribution in [1.29, 1.82) is 5.26 Å². The summed E-state index contributed by atoms with van der Waals surface area (Å²) in [6.45, 7) is 0.268. The van der Waals surface area contributed by atoms with Gasteiger partial charge in [0.05, 0.1) is 6.07 Å². The summed E-state index contributed by atoms with van der Waals surface area (Å²) in [5, 5.41) is 9.42. The minimum atomic E-state index is -0.602. The minimum absolute atomic E-state index is 0.207. The zero-order valence-electron chi connectivity index (χ0n) is 11.4. The van der Waals surface area contributed by atoms with Crippen molar-refractivity contribution >= 4 is 6.09 Å². The summed E-state index contributed by atoms with van der Waals surface area (Å²) >= 11 is 0. The van der Waals surface area contributed by atoms with E-state index in [9.17, 15) is 10.1 Å². The lowest BCUT2D eigenvalue weighted by atomic mass is 9.76. The average Bonchev–Trinajstić information content (AvgIpc) is 3.25. The second-order valence-electron chi connectivity index (χ2n) is 5.64. The third kappa shape index (κ3) is 2.36. The Hall–Kier alpha value is -2.02. The molecule has 0 radical (unpaired) electrons. The number of nitrogens with zero attached hydrogens (tertiary/aromatic N) is 2. The number of hydrogen-bond acceptors (Lipinski definition) is 3. The first kappa shape index (κ1) is 13.0. The first-order valence-corrected chi connectivity index (χ1v) is 7.16. The van der Waals surface area contributed by atoms with Crippen LogP contribution in [0.2, 0.25) is 0 Å². The Morgan fingerprint density at radius 3 is 2.55 bits per heavy atom. The van der Waals surface area contributed by atoms with E-state index in [-0.39, 0.29) is 18.7 Å². The molecule has 2 aliphatic rings. The maximum atomic E-state index is 12.3. The van der Waals surface area contributed by atoms with Gasteiger partial charge in [-0.1, -0.05) is 30.3 Å². The Kier molecular flexibility index (Phi) is 3.35. The molecule has 2 fully saturated rings. The third-order valence-electron chi connectivity index (χ3n) is 4.16. The summed E-state index contributed by atoms with van der Waals surface area (Å²) in [4.78, 5) is 14.1.